The third-order valence-corrected chi connectivity index (χ3v) is 6.20. The van der Waals surface area contributed by atoms with Crippen LogP contribution in [0.4, 0.5) is 10.3 Å². The van der Waals surface area contributed by atoms with Crippen LogP contribution in [-0.2, 0) is 6.54 Å². The lowest BCUT2D eigenvalue weighted by atomic mass is 10.0. The summed E-state index contributed by atoms with van der Waals surface area (Å²) in [5.41, 5.74) is 2.74. The van der Waals surface area contributed by atoms with Crippen LogP contribution in [0.2, 0.25) is 0 Å². The molecule has 7 nitrogen and oxygen atoms in total. The van der Waals surface area contributed by atoms with E-state index in [0.717, 1.165) is 37.3 Å². The number of amides is 1. The van der Waals surface area contributed by atoms with E-state index in [1.165, 1.54) is 12.1 Å². The number of rotatable bonds is 7. The van der Waals surface area contributed by atoms with Gasteiger partial charge in [0.2, 0.25) is 5.88 Å². The van der Waals surface area contributed by atoms with Crippen LogP contribution in [0.15, 0.2) is 53.1 Å². The maximum Gasteiger partial charge on any atom is 0.254 e. The van der Waals surface area contributed by atoms with Crippen molar-refractivity contribution in [3.63, 3.8) is 0 Å². The zero-order valence-corrected chi connectivity index (χ0v) is 20.1. The summed E-state index contributed by atoms with van der Waals surface area (Å²) in [5.74, 6) is 0.871. The van der Waals surface area contributed by atoms with Crippen molar-refractivity contribution >= 4 is 11.8 Å². The van der Waals surface area contributed by atoms with E-state index < -0.39 is 0 Å². The molecule has 2 aromatic carbocycles. The van der Waals surface area contributed by atoms with Crippen molar-refractivity contribution in [1.82, 2.24) is 15.0 Å². The molecule has 34 heavy (non-hydrogen) atoms. The van der Waals surface area contributed by atoms with E-state index in [-0.39, 0.29) is 17.8 Å². The Kier molecular flexibility index (Phi) is 7.17. The molecule has 1 aliphatic heterocycles. The highest BCUT2D eigenvalue weighted by Gasteiger charge is 2.29. The Bertz CT molecular complexity index is 1120. The van der Waals surface area contributed by atoms with Crippen LogP contribution in [0.3, 0.4) is 0 Å². The van der Waals surface area contributed by atoms with Gasteiger partial charge in [-0.05, 0) is 63.4 Å². The van der Waals surface area contributed by atoms with E-state index in [1.807, 2.05) is 26.0 Å². The van der Waals surface area contributed by atoms with Gasteiger partial charge in [-0.25, -0.2) is 4.39 Å². The van der Waals surface area contributed by atoms with Crippen molar-refractivity contribution < 1.29 is 18.4 Å². The molecule has 1 aliphatic rings. The topological polar surface area (TPSA) is 62.1 Å². The van der Waals surface area contributed by atoms with Crippen LogP contribution >= 0.6 is 0 Å². The number of carbonyl (C=O) groups excluding carboxylic acids is 1. The molecule has 0 bridgehead atoms. The Morgan fingerprint density at radius 2 is 1.85 bits per heavy atom. The van der Waals surface area contributed by atoms with E-state index in [2.05, 4.69) is 22.0 Å². The van der Waals surface area contributed by atoms with E-state index in [9.17, 15) is 9.18 Å². The summed E-state index contributed by atoms with van der Waals surface area (Å²) >= 11 is 0. The number of aromatic nitrogens is 1. The molecule has 0 atom stereocenters. The highest BCUT2D eigenvalue weighted by molar-refractivity contribution is 5.95. The molecule has 2 heterocycles. The van der Waals surface area contributed by atoms with Crippen LogP contribution in [0.1, 0.15) is 29.8 Å². The molecule has 1 aromatic heterocycles. The van der Waals surface area contributed by atoms with Crippen LogP contribution in [0.25, 0.3) is 11.3 Å². The van der Waals surface area contributed by atoms with Crippen LogP contribution < -0.4 is 9.64 Å². The van der Waals surface area contributed by atoms with E-state index in [4.69, 9.17) is 9.26 Å². The number of anilines is 1. The molecule has 0 N–H and O–H groups in total. The van der Waals surface area contributed by atoms with Gasteiger partial charge in [0, 0.05) is 43.3 Å². The second kappa shape index (κ2) is 10.3. The number of hydrogen-bond acceptors (Lipinski definition) is 6. The minimum Gasteiger partial charge on any atom is -0.497 e. The third kappa shape index (κ3) is 5.07. The molecule has 0 saturated carbocycles. The third-order valence-electron chi connectivity index (χ3n) is 6.20. The average molecular weight is 467 g/mol. The van der Waals surface area contributed by atoms with Gasteiger partial charge in [0.25, 0.3) is 5.91 Å². The lowest BCUT2D eigenvalue weighted by Gasteiger charge is -2.33. The van der Waals surface area contributed by atoms with E-state index in [0.29, 0.717) is 29.4 Å². The second-order valence-corrected chi connectivity index (χ2v) is 8.87. The smallest absolute Gasteiger partial charge is 0.254 e. The molecule has 180 valence electrons. The van der Waals surface area contributed by atoms with Gasteiger partial charge in [0.1, 0.15) is 17.3 Å². The predicted molar refractivity (Wildman–Crippen MR) is 130 cm³/mol. The summed E-state index contributed by atoms with van der Waals surface area (Å²) < 4.78 is 24.8. The number of piperazine rings is 1. The zero-order valence-electron chi connectivity index (χ0n) is 20.1. The van der Waals surface area contributed by atoms with Gasteiger partial charge in [-0.15, -0.1) is 0 Å². The molecule has 0 aliphatic carbocycles. The fourth-order valence-corrected chi connectivity index (χ4v) is 4.12. The van der Waals surface area contributed by atoms with Crippen molar-refractivity contribution in [1.29, 1.82) is 0 Å². The van der Waals surface area contributed by atoms with Gasteiger partial charge < -0.3 is 24.0 Å². The predicted octanol–water partition coefficient (Wildman–Crippen LogP) is 4.29. The van der Waals surface area contributed by atoms with Crippen LogP contribution in [0.5, 0.6) is 5.75 Å². The molecule has 3 aromatic rings. The largest absolute Gasteiger partial charge is 0.497 e. The van der Waals surface area contributed by atoms with Gasteiger partial charge in [-0.2, -0.15) is 0 Å². The minimum atomic E-state index is -0.315. The van der Waals surface area contributed by atoms with Gasteiger partial charge in [-0.3, -0.25) is 4.79 Å². The quantitative estimate of drug-likeness (QED) is 0.518. The SMILES string of the molecule is COc1cccc(C(=O)N(Cc2c(-c3ccc(F)cc3)noc2N2CCN(C)CC2)C(C)C)c1. The van der Waals surface area contributed by atoms with Gasteiger partial charge in [-0.1, -0.05) is 11.2 Å². The Labute approximate surface area is 199 Å². The summed E-state index contributed by atoms with van der Waals surface area (Å²) in [5, 5.41) is 4.37. The molecule has 0 unspecified atom stereocenters. The first-order valence-corrected chi connectivity index (χ1v) is 11.5. The normalized spacial score (nSPS) is 14.5. The first-order chi connectivity index (χ1) is 16.4. The summed E-state index contributed by atoms with van der Waals surface area (Å²) in [6.45, 7) is 7.69. The lowest BCUT2D eigenvalue weighted by Crippen LogP contribution is -2.45. The fourth-order valence-electron chi connectivity index (χ4n) is 4.12. The lowest BCUT2D eigenvalue weighted by molar-refractivity contribution is 0.0690. The van der Waals surface area contributed by atoms with E-state index >= 15 is 0 Å². The molecular weight excluding hydrogens is 435 g/mol. The highest BCUT2D eigenvalue weighted by Crippen LogP contribution is 2.34. The van der Waals surface area contributed by atoms with Gasteiger partial charge >= 0.3 is 0 Å². The molecule has 1 fully saturated rings. The number of likely N-dealkylation sites (N-methyl/N-ethyl adjacent to an activating group) is 1. The minimum absolute atomic E-state index is 0.0741. The van der Waals surface area contributed by atoms with Crippen molar-refractivity contribution in [3.05, 3.63) is 65.5 Å². The summed E-state index contributed by atoms with van der Waals surface area (Å²) in [6, 6.07) is 13.3. The number of benzene rings is 2. The maximum absolute atomic E-state index is 13.6. The van der Waals surface area contributed by atoms with E-state index in [1.54, 1.807) is 36.3 Å². The number of hydrogen-bond donors (Lipinski definition) is 0. The Morgan fingerprint density at radius 3 is 2.50 bits per heavy atom. The zero-order chi connectivity index (χ0) is 24.2. The van der Waals surface area contributed by atoms with Crippen molar-refractivity contribution in [2.75, 3.05) is 45.2 Å². The molecule has 1 saturated heterocycles. The standard InChI is InChI=1S/C26H31FN4O3/c1-18(2)31(25(32)20-6-5-7-22(16-20)33-4)17-23-24(19-8-10-21(27)11-9-19)28-34-26(23)30-14-12-29(3)13-15-30/h5-11,16,18H,12-15,17H2,1-4H3. The molecular formula is C26H31FN4O3. The summed E-state index contributed by atoms with van der Waals surface area (Å²) in [4.78, 5) is 19.8. The van der Waals surface area contributed by atoms with Crippen molar-refractivity contribution in [2.45, 2.75) is 26.4 Å². The first-order valence-electron chi connectivity index (χ1n) is 11.5. The summed E-state index contributed by atoms with van der Waals surface area (Å²) in [6.07, 6.45) is 0. The second-order valence-electron chi connectivity index (χ2n) is 8.87. The molecule has 0 radical (unpaired) electrons. The number of halogens is 1. The van der Waals surface area contributed by atoms with Crippen LogP contribution in [-0.4, -0.2) is 67.2 Å². The highest BCUT2D eigenvalue weighted by atomic mass is 19.1. The molecule has 8 heteroatoms. The van der Waals surface area contributed by atoms with Crippen LogP contribution in [0, 0.1) is 5.82 Å². The molecule has 0 spiro atoms. The fraction of sp³-hybridized carbons (Fsp3) is 0.385. The first kappa shape index (κ1) is 23.8. The number of ether oxygens (including phenoxy) is 1. The molecule has 4 rings (SSSR count). The Balaban J connectivity index is 1.72. The number of nitrogens with zero attached hydrogens (tertiary/aromatic N) is 4. The maximum atomic E-state index is 13.6. The Morgan fingerprint density at radius 1 is 1.15 bits per heavy atom. The average Bonchev–Trinajstić information content (AvgIpc) is 3.26. The summed E-state index contributed by atoms with van der Waals surface area (Å²) in [7, 11) is 3.67. The van der Waals surface area contributed by atoms with Gasteiger partial charge in [0.15, 0.2) is 0 Å². The van der Waals surface area contributed by atoms with Crippen molar-refractivity contribution in [2.24, 2.45) is 0 Å². The number of methoxy groups -OCH3 is 1. The monoisotopic (exact) mass is 466 g/mol. The Hall–Kier alpha value is -3.39. The number of carbonyl (C=O) groups is 1. The van der Waals surface area contributed by atoms with Gasteiger partial charge in [0.05, 0.1) is 19.2 Å². The van der Waals surface area contributed by atoms with Crippen molar-refractivity contribution in [3.8, 4) is 17.0 Å². The molecule has 1 amide bonds.